The van der Waals surface area contributed by atoms with E-state index in [1.54, 1.807) is 24.3 Å². The van der Waals surface area contributed by atoms with E-state index in [1.165, 1.54) is 4.31 Å². The van der Waals surface area contributed by atoms with Crippen LogP contribution in [0.1, 0.15) is 11.6 Å². The Hall–Kier alpha value is -1.51. The normalized spacial score (nSPS) is 20.0. The molecule has 4 rings (SSSR count). The third kappa shape index (κ3) is 3.75. The van der Waals surface area contributed by atoms with Gasteiger partial charge in [-0.1, -0.05) is 35.9 Å². The molecule has 0 bridgehead atoms. The van der Waals surface area contributed by atoms with Crippen LogP contribution in [0.3, 0.4) is 0 Å². The molecule has 0 amide bonds. The van der Waals surface area contributed by atoms with Crippen molar-refractivity contribution >= 4 is 34.0 Å². The average Bonchev–Trinajstić information content (AvgIpc) is 2.68. The lowest BCUT2D eigenvalue weighted by molar-refractivity contribution is 0.166. The second-order valence-corrected chi connectivity index (χ2v) is 8.40. The van der Waals surface area contributed by atoms with Gasteiger partial charge in [-0.05, 0) is 23.8 Å². The van der Waals surface area contributed by atoms with E-state index >= 15 is 0 Å². The van der Waals surface area contributed by atoms with Gasteiger partial charge >= 0.3 is 0 Å². The smallest absolute Gasteiger partial charge is 0.247 e. The van der Waals surface area contributed by atoms with Crippen LogP contribution in [0, 0.1) is 0 Å². The molecule has 2 aliphatic rings. The molecular weight excluding hydrogens is 411 g/mol. The predicted molar refractivity (Wildman–Crippen MR) is 106 cm³/mol. The topological polar surface area (TPSA) is 67.9 Å². The lowest BCUT2D eigenvalue weighted by atomic mass is 10.1. The second-order valence-electron chi connectivity index (χ2n) is 6.14. The minimum atomic E-state index is -3.79. The van der Waals surface area contributed by atoms with Crippen LogP contribution in [0.5, 0.6) is 11.5 Å². The minimum absolute atomic E-state index is 0. The summed E-state index contributed by atoms with van der Waals surface area (Å²) in [6.45, 7) is 2.16. The Labute approximate surface area is 169 Å². The first-order valence-corrected chi connectivity index (χ1v) is 10.3. The molecule has 0 spiro atoms. The highest BCUT2D eigenvalue weighted by atomic mass is 35.5. The van der Waals surface area contributed by atoms with E-state index in [0.29, 0.717) is 43.6 Å². The highest BCUT2D eigenvalue weighted by molar-refractivity contribution is 7.89. The van der Waals surface area contributed by atoms with E-state index in [0.717, 1.165) is 5.56 Å². The second kappa shape index (κ2) is 8.24. The number of hydrogen-bond acceptors (Lipinski definition) is 5. The van der Waals surface area contributed by atoms with E-state index in [9.17, 15) is 8.42 Å². The fourth-order valence-electron chi connectivity index (χ4n) is 3.36. The molecule has 146 valence electrons. The molecule has 0 radical (unpaired) electrons. The number of benzene rings is 2. The minimum Gasteiger partial charge on any atom is -0.486 e. The van der Waals surface area contributed by atoms with Crippen LogP contribution in [-0.4, -0.2) is 45.6 Å². The summed E-state index contributed by atoms with van der Waals surface area (Å²) >= 11 is 6.34. The third-order valence-electron chi connectivity index (χ3n) is 4.58. The number of ether oxygens (including phenoxy) is 2. The van der Waals surface area contributed by atoms with Crippen LogP contribution in [0.15, 0.2) is 47.4 Å². The lowest BCUT2D eigenvalue weighted by Crippen LogP contribution is -2.48. The molecule has 2 aromatic rings. The first-order chi connectivity index (χ1) is 12.6. The maximum Gasteiger partial charge on any atom is 0.247 e. The molecule has 1 atom stereocenters. The Balaban J connectivity index is 0.00000210. The zero-order valence-corrected chi connectivity index (χ0v) is 16.8. The van der Waals surface area contributed by atoms with E-state index < -0.39 is 10.0 Å². The zero-order valence-electron chi connectivity index (χ0n) is 14.4. The van der Waals surface area contributed by atoms with Crippen molar-refractivity contribution < 1.29 is 17.9 Å². The standard InChI is InChI=1S/C18H19ClN2O4S.ClH/c19-14-5-2-1-4-13(14)15-12-20-8-9-21(15)26(22,23)17-7-3-6-16-18(17)25-11-10-24-16;/h1-7,15,20H,8-12H2;1H. The van der Waals surface area contributed by atoms with E-state index in [1.807, 2.05) is 18.2 Å². The monoisotopic (exact) mass is 430 g/mol. The van der Waals surface area contributed by atoms with E-state index in [-0.39, 0.29) is 29.1 Å². The highest BCUT2D eigenvalue weighted by Gasteiger charge is 2.38. The van der Waals surface area contributed by atoms with Crippen molar-refractivity contribution in [3.8, 4) is 11.5 Å². The van der Waals surface area contributed by atoms with Crippen LogP contribution in [0.4, 0.5) is 0 Å². The van der Waals surface area contributed by atoms with E-state index in [2.05, 4.69) is 5.32 Å². The summed E-state index contributed by atoms with van der Waals surface area (Å²) in [7, 11) is -3.79. The maximum atomic E-state index is 13.5. The molecule has 2 aliphatic heterocycles. The van der Waals surface area contributed by atoms with Crippen molar-refractivity contribution in [3.63, 3.8) is 0 Å². The number of piperazine rings is 1. The lowest BCUT2D eigenvalue weighted by Gasteiger charge is -2.36. The van der Waals surface area contributed by atoms with Gasteiger partial charge in [-0.25, -0.2) is 8.42 Å². The van der Waals surface area contributed by atoms with Gasteiger partial charge in [0.05, 0.1) is 6.04 Å². The number of fused-ring (bicyclic) bond motifs is 1. The number of halogens is 2. The molecule has 1 saturated heterocycles. The van der Waals surface area contributed by atoms with Crippen molar-refractivity contribution in [2.75, 3.05) is 32.8 Å². The predicted octanol–water partition coefficient (Wildman–Crippen LogP) is 2.87. The molecule has 0 saturated carbocycles. The van der Waals surface area contributed by atoms with Gasteiger partial charge in [-0.3, -0.25) is 0 Å². The molecule has 1 unspecified atom stereocenters. The number of hydrogen-bond donors (Lipinski definition) is 1. The quantitative estimate of drug-likeness (QED) is 0.810. The Morgan fingerprint density at radius 1 is 1.07 bits per heavy atom. The van der Waals surface area contributed by atoms with Gasteiger partial charge in [0, 0.05) is 24.7 Å². The number of rotatable bonds is 3. The Morgan fingerprint density at radius 2 is 1.85 bits per heavy atom. The summed E-state index contributed by atoms with van der Waals surface area (Å²) < 4.78 is 39.6. The summed E-state index contributed by atoms with van der Waals surface area (Å²) in [6.07, 6.45) is 0. The van der Waals surface area contributed by atoms with Crippen molar-refractivity contribution in [2.45, 2.75) is 10.9 Å². The summed E-state index contributed by atoms with van der Waals surface area (Å²) in [4.78, 5) is 0.133. The maximum absolute atomic E-state index is 13.5. The molecular formula is C18H20Cl2N2O4S. The Morgan fingerprint density at radius 3 is 2.67 bits per heavy atom. The van der Waals surface area contributed by atoms with Crippen molar-refractivity contribution in [1.29, 1.82) is 0 Å². The SMILES string of the molecule is Cl.O=S(=O)(c1cccc2c1OCCO2)N1CCNCC1c1ccccc1Cl. The summed E-state index contributed by atoms with van der Waals surface area (Å²) in [5.41, 5.74) is 0.784. The molecule has 6 nitrogen and oxygen atoms in total. The van der Waals surface area contributed by atoms with Gasteiger partial charge in [0.2, 0.25) is 10.0 Å². The van der Waals surface area contributed by atoms with Crippen molar-refractivity contribution in [2.24, 2.45) is 0 Å². The number of para-hydroxylation sites is 1. The summed E-state index contributed by atoms with van der Waals surface area (Å²) in [5.74, 6) is 0.747. The van der Waals surface area contributed by atoms with Crippen LogP contribution in [0.2, 0.25) is 5.02 Å². The molecule has 27 heavy (non-hydrogen) atoms. The molecule has 0 aromatic heterocycles. The number of sulfonamides is 1. The van der Waals surface area contributed by atoms with Crippen molar-refractivity contribution in [1.82, 2.24) is 9.62 Å². The summed E-state index contributed by atoms with van der Waals surface area (Å²) in [5, 5.41) is 3.81. The van der Waals surface area contributed by atoms with Gasteiger partial charge < -0.3 is 14.8 Å². The van der Waals surface area contributed by atoms with Gasteiger partial charge in [0.1, 0.15) is 18.1 Å². The van der Waals surface area contributed by atoms with Crippen LogP contribution < -0.4 is 14.8 Å². The largest absolute Gasteiger partial charge is 0.486 e. The van der Waals surface area contributed by atoms with Gasteiger partial charge in [-0.15, -0.1) is 12.4 Å². The first kappa shape index (κ1) is 20.2. The fraction of sp³-hybridized carbons (Fsp3) is 0.333. The average molecular weight is 431 g/mol. The third-order valence-corrected chi connectivity index (χ3v) is 6.85. The van der Waals surface area contributed by atoms with E-state index in [4.69, 9.17) is 21.1 Å². The number of nitrogens with zero attached hydrogens (tertiary/aromatic N) is 1. The highest BCUT2D eigenvalue weighted by Crippen LogP contribution is 2.40. The molecule has 0 aliphatic carbocycles. The molecule has 9 heteroatoms. The molecule has 1 fully saturated rings. The Kier molecular flexibility index (Phi) is 6.18. The Bertz CT molecular complexity index is 923. The summed E-state index contributed by atoms with van der Waals surface area (Å²) in [6, 6.07) is 11.9. The van der Waals surface area contributed by atoms with Crippen LogP contribution in [-0.2, 0) is 10.0 Å². The van der Waals surface area contributed by atoms with Crippen LogP contribution >= 0.6 is 24.0 Å². The van der Waals surface area contributed by atoms with Crippen molar-refractivity contribution in [3.05, 3.63) is 53.1 Å². The van der Waals surface area contributed by atoms with Crippen LogP contribution in [0.25, 0.3) is 0 Å². The molecule has 1 N–H and O–H groups in total. The zero-order chi connectivity index (χ0) is 18.1. The van der Waals surface area contributed by atoms with Gasteiger partial charge in [-0.2, -0.15) is 4.31 Å². The van der Waals surface area contributed by atoms with Gasteiger partial charge in [0.25, 0.3) is 0 Å². The molecule has 2 heterocycles. The first-order valence-electron chi connectivity index (χ1n) is 8.44. The molecule has 2 aromatic carbocycles. The fourth-order valence-corrected chi connectivity index (χ4v) is 5.37. The number of nitrogens with one attached hydrogen (secondary N) is 1. The van der Waals surface area contributed by atoms with Gasteiger partial charge in [0.15, 0.2) is 11.5 Å².